The van der Waals surface area contributed by atoms with Gasteiger partial charge in [-0.05, 0) is 19.1 Å². The van der Waals surface area contributed by atoms with Crippen LogP contribution in [0.1, 0.15) is 17.3 Å². The van der Waals surface area contributed by atoms with Gasteiger partial charge in [0.05, 0.1) is 17.7 Å². The van der Waals surface area contributed by atoms with E-state index >= 15 is 0 Å². The lowest BCUT2D eigenvalue weighted by molar-refractivity contribution is 0.0527. The smallest absolute Gasteiger partial charge is 0.341 e. The third-order valence-corrected chi connectivity index (χ3v) is 2.67. The lowest BCUT2D eigenvalue weighted by Crippen LogP contribution is -2.10. The molecule has 1 heterocycles. The summed E-state index contributed by atoms with van der Waals surface area (Å²) < 4.78 is 32.3. The van der Waals surface area contributed by atoms with Crippen molar-refractivity contribution in [2.24, 2.45) is 0 Å². The number of fused-ring (bicyclic) bond motifs is 1. The molecule has 0 unspecified atom stereocenters. The van der Waals surface area contributed by atoms with Crippen LogP contribution in [0.4, 0.5) is 14.5 Å². The van der Waals surface area contributed by atoms with E-state index in [1.165, 1.54) is 13.2 Å². The van der Waals surface area contributed by atoms with E-state index in [2.05, 4.69) is 10.3 Å². The molecule has 6 heteroatoms. The van der Waals surface area contributed by atoms with Gasteiger partial charge in [-0.3, -0.25) is 4.98 Å². The minimum atomic E-state index is -0.653. The maximum atomic E-state index is 13.8. The van der Waals surface area contributed by atoms with Crippen molar-refractivity contribution < 1.29 is 18.3 Å². The summed E-state index contributed by atoms with van der Waals surface area (Å²) in [6, 6.07) is 1.99. The molecule has 0 radical (unpaired) electrons. The van der Waals surface area contributed by atoms with Gasteiger partial charge >= 0.3 is 5.97 Å². The van der Waals surface area contributed by atoms with E-state index in [1.54, 1.807) is 6.92 Å². The lowest BCUT2D eigenvalue weighted by atomic mass is 10.1. The zero-order valence-corrected chi connectivity index (χ0v) is 10.5. The van der Waals surface area contributed by atoms with Crippen LogP contribution in [0.5, 0.6) is 0 Å². The molecule has 0 fully saturated rings. The summed E-state index contributed by atoms with van der Waals surface area (Å²) in [6.45, 7) is 1.84. The van der Waals surface area contributed by atoms with Crippen molar-refractivity contribution in [1.29, 1.82) is 0 Å². The van der Waals surface area contributed by atoms with Crippen LogP contribution < -0.4 is 5.32 Å². The van der Waals surface area contributed by atoms with Crippen LogP contribution in [0.25, 0.3) is 10.9 Å². The van der Waals surface area contributed by atoms with E-state index in [0.717, 1.165) is 12.1 Å². The number of nitrogens with zero attached hydrogens (tertiary/aromatic N) is 1. The summed E-state index contributed by atoms with van der Waals surface area (Å²) in [6.07, 6.45) is 1.18. The number of hydrogen-bond donors (Lipinski definition) is 1. The lowest BCUT2D eigenvalue weighted by Gasteiger charge is -2.12. The fourth-order valence-corrected chi connectivity index (χ4v) is 1.86. The molecule has 0 atom stereocenters. The van der Waals surface area contributed by atoms with Crippen LogP contribution in [0, 0.1) is 11.6 Å². The first-order valence-electron chi connectivity index (χ1n) is 5.71. The van der Waals surface area contributed by atoms with Crippen LogP contribution in [0.15, 0.2) is 18.3 Å². The van der Waals surface area contributed by atoms with Gasteiger partial charge in [-0.15, -0.1) is 0 Å². The number of rotatable bonds is 3. The normalized spacial score (nSPS) is 10.5. The van der Waals surface area contributed by atoms with Crippen molar-refractivity contribution in [3.8, 4) is 0 Å². The van der Waals surface area contributed by atoms with E-state index in [0.29, 0.717) is 0 Å². The molecule has 0 spiro atoms. The van der Waals surface area contributed by atoms with E-state index in [-0.39, 0.29) is 28.8 Å². The van der Waals surface area contributed by atoms with Crippen LogP contribution in [-0.2, 0) is 4.74 Å². The van der Waals surface area contributed by atoms with Gasteiger partial charge in [0.1, 0.15) is 22.7 Å². The Labute approximate surface area is 108 Å². The van der Waals surface area contributed by atoms with E-state index in [1.807, 2.05) is 0 Å². The van der Waals surface area contributed by atoms with Crippen LogP contribution in [0.2, 0.25) is 0 Å². The summed E-state index contributed by atoms with van der Waals surface area (Å²) in [5.41, 5.74) is 0.110. The Morgan fingerprint density at radius 3 is 2.68 bits per heavy atom. The molecule has 0 aliphatic heterocycles. The first-order chi connectivity index (χ1) is 9.10. The van der Waals surface area contributed by atoms with Gasteiger partial charge in [0.15, 0.2) is 0 Å². The van der Waals surface area contributed by atoms with Gasteiger partial charge in [-0.1, -0.05) is 0 Å². The number of hydrogen-bond acceptors (Lipinski definition) is 4. The monoisotopic (exact) mass is 266 g/mol. The second-order valence-electron chi connectivity index (χ2n) is 3.77. The maximum Gasteiger partial charge on any atom is 0.341 e. The molecule has 0 aliphatic carbocycles. The van der Waals surface area contributed by atoms with E-state index in [9.17, 15) is 13.6 Å². The number of aromatic nitrogens is 1. The van der Waals surface area contributed by atoms with Crippen LogP contribution in [0.3, 0.4) is 0 Å². The topological polar surface area (TPSA) is 51.2 Å². The molecule has 4 nitrogen and oxygen atoms in total. The zero-order valence-electron chi connectivity index (χ0n) is 10.5. The number of pyridine rings is 1. The van der Waals surface area contributed by atoms with Gasteiger partial charge in [-0.25, -0.2) is 13.6 Å². The van der Waals surface area contributed by atoms with Gasteiger partial charge < -0.3 is 10.1 Å². The SMILES string of the molecule is CCOC(=O)c1cnc2c(F)ccc(F)c2c1NC. The minimum absolute atomic E-state index is 0.0620. The van der Waals surface area contributed by atoms with Crippen molar-refractivity contribution in [1.82, 2.24) is 4.98 Å². The number of anilines is 1. The molecule has 0 aliphatic rings. The molecule has 0 bridgehead atoms. The number of ether oxygens (including phenoxy) is 1. The quantitative estimate of drug-likeness (QED) is 0.868. The number of carbonyl (C=O) groups excluding carboxylic acids is 1. The highest BCUT2D eigenvalue weighted by molar-refractivity contribution is 6.05. The Hall–Kier alpha value is -2.24. The summed E-state index contributed by atoms with van der Waals surface area (Å²) >= 11 is 0. The van der Waals surface area contributed by atoms with Gasteiger partial charge in [-0.2, -0.15) is 0 Å². The number of benzene rings is 1. The first-order valence-corrected chi connectivity index (χ1v) is 5.71. The maximum absolute atomic E-state index is 13.8. The van der Waals surface area contributed by atoms with Crippen molar-refractivity contribution in [3.63, 3.8) is 0 Å². The molecular weight excluding hydrogens is 254 g/mol. The molecule has 19 heavy (non-hydrogen) atoms. The third-order valence-electron chi connectivity index (χ3n) is 2.67. The summed E-state index contributed by atoms with van der Waals surface area (Å²) in [4.78, 5) is 15.5. The highest BCUT2D eigenvalue weighted by atomic mass is 19.1. The molecule has 2 aromatic rings. The van der Waals surface area contributed by atoms with Gasteiger partial charge in [0, 0.05) is 13.2 Å². The van der Waals surface area contributed by atoms with Crippen molar-refractivity contribution in [3.05, 3.63) is 35.5 Å². The Balaban J connectivity index is 2.76. The average molecular weight is 266 g/mol. The Morgan fingerprint density at radius 1 is 1.37 bits per heavy atom. The third kappa shape index (κ3) is 2.21. The van der Waals surface area contributed by atoms with Gasteiger partial charge in [0.25, 0.3) is 0 Å². The second-order valence-corrected chi connectivity index (χ2v) is 3.77. The molecule has 1 N–H and O–H groups in total. The number of nitrogens with one attached hydrogen (secondary N) is 1. The highest BCUT2D eigenvalue weighted by Gasteiger charge is 2.19. The second kappa shape index (κ2) is 5.17. The Kier molecular flexibility index (Phi) is 3.59. The molecular formula is C13H12F2N2O2. The molecule has 0 saturated carbocycles. The molecule has 1 aromatic heterocycles. The standard InChI is InChI=1S/C13H12F2N2O2/c1-3-19-13(18)7-6-17-12-9(15)5-4-8(14)10(12)11(7)16-2/h4-6H,3H2,1-2H3,(H,16,17). The average Bonchev–Trinajstić information content (AvgIpc) is 2.41. The zero-order chi connectivity index (χ0) is 14.0. The summed E-state index contributed by atoms with van der Waals surface area (Å²) in [5.74, 6) is -1.94. The van der Waals surface area contributed by atoms with Crippen molar-refractivity contribution in [2.75, 3.05) is 19.0 Å². The Morgan fingerprint density at radius 2 is 2.05 bits per heavy atom. The predicted molar refractivity (Wildman–Crippen MR) is 67.2 cm³/mol. The minimum Gasteiger partial charge on any atom is -0.462 e. The Bertz CT molecular complexity index is 644. The molecule has 0 saturated heterocycles. The van der Waals surface area contributed by atoms with Gasteiger partial charge in [0.2, 0.25) is 0 Å². The fraction of sp³-hybridized carbons (Fsp3) is 0.231. The first kappa shape index (κ1) is 13.2. The number of halogens is 2. The number of esters is 1. The highest BCUT2D eigenvalue weighted by Crippen LogP contribution is 2.30. The summed E-state index contributed by atoms with van der Waals surface area (Å²) in [7, 11) is 1.52. The summed E-state index contributed by atoms with van der Waals surface area (Å²) in [5, 5.41) is 2.64. The molecule has 2 rings (SSSR count). The van der Waals surface area contributed by atoms with Crippen molar-refractivity contribution in [2.45, 2.75) is 6.92 Å². The largest absolute Gasteiger partial charge is 0.462 e. The number of carbonyl (C=O) groups is 1. The van der Waals surface area contributed by atoms with E-state index in [4.69, 9.17) is 4.74 Å². The molecule has 100 valence electrons. The fourth-order valence-electron chi connectivity index (χ4n) is 1.86. The van der Waals surface area contributed by atoms with E-state index < -0.39 is 17.6 Å². The molecule has 1 aromatic carbocycles. The van der Waals surface area contributed by atoms with Crippen molar-refractivity contribution >= 4 is 22.6 Å². The predicted octanol–water partition coefficient (Wildman–Crippen LogP) is 2.73. The van der Waals surface area contributed by atoms with Crippen LogP contribution >= 0.6 is 0 Å². The molecule has 0 amide bonds. The van der Waals surface area contributed by atoms with Crippen LogP contribution in [-0.4, -0.2) is 24.6 Å².